The second-order valence-electron chi connectivity index (χ2n) is 3.93. The highest BCUT2D eigenvalue weighted by Crippen LogP contribution is 2.08. The van der Waals surface area contributed by atoms with Crippen molar-refractivity contribution in [1.29, 1.82) is 0 Å². The third-order valence-corrected chi connectivity index (χ3v) is 2.28. The molecule has 0 fully saturated rings. The molecule has 1 aromatic heterocycles. The summed E-state index contributed by atoms with van der Waals surface area (Å²) in [5.41, 5.74) is 0.917. The highest BCUT2D eigenvalue weighted by Gasteiger charge is 2.07. The molecule has 0 bridgehead atoms. The van der Waals surface area contributed by atoms with E-state index in [0.29, 0.717) is 13.0 Å². The Morgan fingerprint density at radius 1 is 1.53 bits per heavy atom. The third kappa shape index (κ3) is 5.29. The lowest BCUT2D eigenvalue weighted by Crippen LogP contribution is -2.18. The second kappa shape index (κ2) is 6.83. The lowest BCUT2D eigenvalue weighted by Gasteiger charge is -2.13. The second-order valence-corrected chi connectivity index (χ2v) is 3.93. The highest BCUT2D eigenvalue weighted by molar-refractivity contribution is 5.69. The summed E-state index contributed by atoms with van der Waals surface area (Å²) in [4.78, 5) is 19.3. The molecule has 17 heavy (non-hydrogen) atoms. The molecular formula is C12H19N3O2. The molecule has 94 valence electrons. The van der Waals surface area contributed by atoms with Crippen molar-refractivity contribution in [3.05, 3.63) is 18.1 Å². The number of esters is 1. The van der Waals surface area contributed by atoms with Crippen LogP contribution in [0.5, 0.6) is 0 Å². The fraction of sp³-hybridized carbons (Fsp3) is 0.583. The van der Waals surface area contributed by atoms with Gasteiger partial charge in [0.1, 0.15) is 12.1 Å². The predicted molar refractivity (Wildman–Crippen MR) is 65.7 cm³/mol. The fourth-order valence-corrected chi connectivity index (χ4v) is 1.43. The molecule has 5 nitrogen and oxygen atoms in total. The number of hydrogen-bond acceptors (Lipinski definition) is 5. The van der Waals surface area contributed by atoms with Gasteiger partial charge in [0.2, 0.25) is 0 Å². The van der Waals surface area contributed by atoms with E-state index in [1.807, 2.05) is 26.8 Å². The van der Waals surface area contributed by atoms with Crippen molar-refractivity contribution in [1.82, 2.24) is 9.97 Å². The minimum absolute atomic E-state index is 0.153. The van der Waals surface area contributed by atoms with Gasteiger partial charge in [-0.3, -0.25) is 4.79 Å². The molecule has 1 atom stereocenters. The monoisotopic (exact) mass is 237 g/mol. The zero-order chi connectivity index (χ0) is 12.7. The minimum atomic E-state index is -0.153. The van der Waals surface area contributed by atoms with Crippen molar-refractivity contribution >= 4 is 11.8 Å². The number of rotatable bonds is 6. The molecule has 1 rings (SSSR count). The van der Waals surface area contributed by atoms with Gasteiger partial charge in [0.25, 0.3) is 0 Å². The van der Waals surface area contributed by atoms with E-state index in [4.69, 9.17) is 4.74 Å². The summed E-state index contributed by atoms with van der Waals surface area (Å²) in [6, 6.07) is 2.05. The Morgan fingerprint density at radius 2 is 2.29 bits per heavy atom. The fourth-order valence-electron chi connectivity index (χ4n) is 1.43. The summed E-state index contributed by atoms with van der Waals surface area (Å²) >= 11 is 0. The van der Waals surface area contributed by atoms with Crippen LogP contribution in [-0.2, 0) is 9.53 Å². The Balaban J connectivity index is 2.34. The van der Waals surface area contributed by atoms with Crippen LogP contribution in [0.2, 0.25) is 0 Å². The van der Waals surface area contributed by atoms with E-state index in [0.717, 1.165) is 17.9 Å². The Morgan fingerprint density at radius 3 is 2.94 bits per heavy atom. The molecule has 1 heterocycles. The van der Waals surface area contributed by atoms with E-state index in [1.54, 1.807) is 0 Å². The van der Waals surface area contributed by atoms with Crippen LogP contribution in [0.1, 0.15) is 32.4 Å². The van der Waals surface area contributed by atoms with E-state index in [2.05, 4.69) is 15.3 Å². The number of aromatic nitrogens is 2. The van der Waals surface area contributed by atoms with E-state index < -0.39 is 0 Å². The first-order valence-corrected chi connectivity index (χ1v) is 5.82. The Kier molecular flexibility index (Phi) is 5.39. The standard InChI is InChI=1S/C12H19N3O2/c1-4-17-12(16)6-5-9(2)15-11-7-10(3)13-8-14-11/h7-9H,4-6H2,1-3H3,(H,13,14,15). The zero-order valence-corrected chi connectivity index (χ0v) is 10.6. The Labute approximate surface area is 102 Å². The Hall–Kier alpha value is -1.65. The molecule has 0 spiro atoms. The average molecular weight is 237 g/mol. The van der Waals surface area contributed by atoms with Gasteiger partial charge in [0.15, 0.2) is 0 Å². The van der Waals surface area contributed by atoms with E-state index >= 15 is 0 Å². The van der Waals surface area contributed by atoms with Gasteiger partial charge in [-0.1, -0.05) is 0 Å². The number of hydrogen-bond donors (Lipinski definition) is 1. The summed E-state index contributed by atoms with van der Waals surface area (Å²) in [5.74, 6) is 0.633. The van der Waals surface area contributed by atoms with Crippen molar-refractivity contribution in [2.75, 3.05) is 11.9 Å². The van der Waals surface area contributed by atoms with E-state index in [9.17, 15) is 4.79 Å². The molecule has 1 aromatic rings. The molecular weight excluding hydrogens is 218 g/mol. The molecule has 5 heteroatoms. The quantitative estimate of drug-likeness (QED) is 0.766. The molecule has 0 aliphatic rings. The topological polar surface area (TPSA) is 64.1 Å². The van der Waals surface area contributed by atoms with Crippen molar-refractivity contribution in [3.8, 4) is 0 Å². The highest BCUT2D eigenvalue weighted by atomic mass is 16.5. The summed E-state index contributed by atoms with van der Waals surface area (Å²) < 4.78 is 4.87. The summed E-state index contributed by atoms with van der Waals surface area (Å²) in [5, 5.41) is 3.22. The molecule has 0 aromatic carbocycles. The molecule has 0 aliphatic heterocycles. The lowest BCUT2D eigenvalue weighted by molar-refractivity contribution is -0.143. The largest absolute Gasteiger partial charge is 0.466 e. The van der Waals surface area contributed by atoms with Crippen molar-refractivity contribution in [2.24, 2.45) is 0 Å². The van der Waals surface area contributed by atoms with Crippen molar-refractivity contribution < 1.29 is 9.53 Å². The van der Waals surface area contributed by atoms with Gasteiger partial charge in [-0.2, -0.15) is 0 Å². The van der Waals surface area contributed by atoms with Crippen LogP contribution in [0, 0.1) is 6.92 Å². The van der Waals surface area contributed by atoms with Gasteiger partial charge in [-0.25, -0.2) is 9.97 Å². The number of ether oxygens (including phenoxy) is 1. The van der Waals surface area contributed by atoms with Crippen LogP contribution in [0.3, 0.4) is 0 Å². The maximum Gasteiger partial charge on any atom is 0.305 e. The predicted octanol–water partition coefficient (Wildman–Crippen LogP) is 1.93. The number of aryl methyl sites for hydroxylation is 1. The first-order chi connectivity index (χ1) is 8.11. The van der Waals surface area contributed by atoms with Crippen LogP contribution >= 0.6 is 0 Å². The number of carbonyl (C=O) groups excluding carboxylic acids is 1. The minimum Gasteiger partial charge on any atom is -0.466 e. The molecule has 0 amide bonds. The average Bonchev–Trinajstić information content (AvgIpc) is 2.27. The van der Waals surface area contributed by atoms with Gasteiger partial charge in [0, 0.05) is 24.2 Å². The number of nitrogens with one attached hydrogen (secondary N) is 1. The van der Waals surface area contributed by atoms with Crippen molar-refractivity contribution in [2.45, 2.75) is 39.7 Å². The van der Waals surface area contributed by atoms with Crippen molar-refractivity contribution in [3.63, 3.8) is 0 Å². The summed E-state index contributed by atoms with van der Waals surface area (Å²) in [6.45, 7) is 6.17. The van der Waals surface area contributed by atoms with Gasteiger partial charge in [-0.15, -0.1) is 0 Å². The zero-order valence-electron chi connectivity index (χ0n) is 10.6. The van der Waals surface area contributed by atoms with Gasteiger partial charge in [-0.05, 0) is 27.2 Å². The smallest absolute Gasteiger partial charge is 0.305 e. The van der Waals surface area contributed by atoms with Crippen LogP contribution in [-0.4, -0.2) is 28.6 Å². The maximum atomic E-state index is 11.2. The summed E-state index contributed by atoms with van der Waals surface area (Å²) in [7, 11) is 0. The Bertz CT molecular complexity index is 369. The first-order valence-electron chi connectivity index (χ1n) is 5.82. The van der Waals surface area contributed by atoms with Gasteiger partial charge < -0.3 is 10.1 Å². The van der Waals surface area contributed by atoms with E-state index in [1.165, 1.54) is 6.33 Å². The van der Waals surface area contributed by atoms with Gasteiger partial charge >= 0.3 is 5.97 Å². The SMILES string of the molecule is CCOC(=O)CCC(C)Nc1cc(C)ncn1. The van der Waals surface area contributed by atoms with Crippen LogP contribution < -0.4 is 5.32 Å². The summed E-state index contributed by atoms with van der Waals surface area (Å²) in [6.07, 6.45) is 2.67. The molecule has 0 aliphatic carbocycles. The van der Waals surface area contributed by atoms with Crippen LogP contribution in [0.25, 0.3) is 0 Å². The third-order valence-electron chi connectivity index (χ3n) is 2.28. The number of nitrogens with zero attached hydrogens (tertiary/aromatic N) is 2. The van der Waals surface area contributed by atoms with Crippen LogP contribution in [0.15, 0.2) is 12.4 Å². The lowest BCUT2D eigenvalue weighted by atomic mass is 10.2. The normalized spacial score (nSPS) is 11.9. The molecule has 0 saturated heterocycles. The van der Waals surface area contributed by atoms with Crippen LogP contribution in [0.4, 0.5) is 5.82 Å². The molecule has 1 unspecified atom stereocenters. The number of anilines is 1. The van der Waals surface area contributed by atoms with E-state index in [-0.39, 0.29) is 12.0 Å². The molecule has 0 radical (unpaired) electrons. The molecule has 0 saturated carbocycles. The number of carbonyl (C=O) groups is 1. The maximum absolute atomic E-state index is 11.2. The molecule has 1 N–H and O–H groups in total. The first kappa shape index (κ1) is 13.4. The van der Waals surface area contributed by atoms with Gasteiger partial charge in [0.05, 0.1) is 6.61 Å².